The summed E-state index contributed by atoms with van der Waals surface area (Å²) in [5.41, 5.74) is 3.47. The Balaban J connectivity index is 1.78. The van der Waals surface area contributed by atoms with Crippen LogP contribution < -0.4 is 10.2 Å². The lowest BCUT2D eigenvalue weighted by atomic mass is 10.1. The van der Waals surface area contributed by atoms with Gasteiger partial charge < -0.3 is 10.2 Å². The van der Waals surface area contributed by atoms with Crippen LogP contribution in [0.15, 0.2) is 54.6 Å². The molecule has 2 aromatic carbocycles. The average molecular weight is 296 g/mol. The summed E-state index contributed by atoms with van der Waals surface area (Å²) in [6.07, 6.45) is 0.509. The van der Waals surface area contributed by atoms with Gasteiger partial charge in [-0.1, -0.05) is 48.0 Å². The van der Waals surface area contributed by atoms with Crippen molar-refractivity contribution in [2.75, 3.05) is 18.0 Å². The third kappa shape index (κ3) is 4.71. The number of aryl methyl sites for hydroxylation is 1. The highest BCUT2D eigenvalue weighted by Gasteiger charge is 2.12. The van der Waals surface area contributed by atoms with E-state index in [9.17, 15) is 4.79 Å². The first-order chi connectivity index (χ1) is 10.7. The van der Waals surface area contributed by atoms with E-state index in [4.69, 9.17) is 0 Å². The molecule has 3 nitrogen and oxygen atoms in total. The smallest absolute Gasteiger partial charge is 0.228 e. The predicted octanol–water partition coefficient (Wildman–Crippen LogP) is 3.53. The van der Waals surface area contributed by atoms with Gasteiger partial charge in [0.05, 0.1) is 0 Å². The molecule has 0 heterocycles. The summed E-state index contributed by atoms with van der Waals surface area (Å²) < 4.78 is 0. The van der Waals surface area contributed by atoms with Crippen LogP contribution in [0.1, 0.15) is 24.5 Å². The summed E-state index contributed by atoms with van der Waals surface area (Å²) in [7, 11) is 0. The molecule has 0 saturated heterocycles. The molecular formula is C19H24N2O. The van der Waals surface area contributed by atoms with Crippen LogP contribution in [0.3, 0.4) is 0 Å². The zero-order valence-corrected chi connectivity index (χ0v) is 13.4. The summed E-state index contributed by atoms with van der Waals surface area (Å²) in [5, 5.41) is 3.33. The number of nitrogens with zero attached hydrogens (tertiary/aromatic N) is 1. The van der Waals surface area contributed by atoms with Crippen molar-refractivity contribution in [1.29, 1.82) is 0 Å². The number of hydrogen-bond acceptors (Lipinski definition) is 2. The van der Waals surface area contributed by atoms with E-state index >= 15 is 0 Å². The molecule has 0 unspecified atom stereocenters. The van der Waals surface area contributed by atoms with Crippen LogP contribution >= 0.6 is 0 Å². The molecule has 0 spiro atoms. The van der Waals surface area contributed by atoms with E-state index in [0.29, 0.717) is 19.5 Å². The average Bonchev–Trinajstić information content (AvgIpc) is 2.55. The van der Waals surface area contributed by atoms with Crippen molar-refractivity contribution in [1.82, 2.24) is 5.32 Å². The SMILES string of the molecule is CCN(C(=O)CCNCc1ccc(C)cc1)c1ccccc1. The Hall–Kier alpha value is -2.13. The Morgan fingerprint density at radius 1 is 1.05 bits per heavy atom. The lowest BCUT2D eigenvalue weighted by Gasteiger charge is -2.21. The molecule has 0 atom stereocenters. The molecule has 0 radical (unpaired) electrons. The first-order valence-corrected chi connectivity index (χ1v) is 7.82. The van der Waals surface area contributed by atoms with Crippen LogP contribution in [0.2, 0.25) is 0 Å². The van der Waals surface area contributed by atoms with Crippen molar-refractivity contribution >= 4 is 11.6 Å². The van der Waals surface area contributed by atoms with Crippen LogP contribution in [-0.4, -0.2) is 19.0 Å². The van der Waals surface area contributed by atoms with Gasteiger partial charge in [0.2, 0.25) is 5.91 Å². The number of rotatable bonds is 7. The Morgan fingerprint density at radius 3 is 2.36 bits per heavy atom. The molecule has 2 rings (SSSR count). The maximum atomic E-state index is 12.3. The standard InChI is InChI=1S/C19H24N2O/c1-3-21(18-7-5-4-6-8-18)19(22)13-14-20-15-17-11-9-16(2)10-12-17/h4-12,20H,3,13-15H2,1-2H3. The van der Waals surface area contributed by atoms with Crippen molar-refractivity contribution in [3.05, 3.63) is 65.7 Å². The van der Waals surface area contributed by atoms with Gasteiger partial charge in [-0.3, -0.25) is 4.79 Å². The molecule has 0 aliphatic carbocycles. The molecule has 1 N–H and O–H groups in total. The molecule has 1 amide bonds. The highest BCUT2D eigenvalue weighted by molar-refractivity contribution is 5.93. The predicted molar refractivity (Wildman–Crippen MR) is 92.0 cm³/mol. The molecule has 22 heavy (non-hydrogen) atoms. The lowest BCUT2D eigenvalue weighted by molar-refractivity contribution is -0.118. The Morgan fingerprint density at radius 2 is 1.73 bits per heavy atom. The van der Waals surface area contributed by atoms with E-state index in [1.54, 1.807) is 0 Å². The Labute approximate surface area is 133 Å². The number of nitrogens with one attached hydrogen (secondary N) is 1. The minimum Gasteiger partial charge on any atom is -0.313 e. The largest absolute Gasteiger partial charge is 0.313 e. The van der Waals surface area contributed by atoms with Gasteiger partial charge in [-0.05, 0) is 31.5 Å². The van der Waals surface area contributed by atoms with Gasteiger partial charge in [-0.2, -0.15) is 0 Å². The van der Waals surface area contributed by atoms with Gasteiger partial charge in [0.15, 0.2) is 0 Å². The summed E-state index contributed by atoms with van der Waals surface area (Å²) >= 11 is 0. The van der Waals surface area contributed by atoms with Crippen LogP contribution in [-0.2, 0) is 11.3 Å². The molecule has 0 fully saturated rings. The number of carbonyl (C=O) groups excluding carboxylic acids is 1. The molecule has 116 valence electrons. The van der Waals surface area contributed by atoms with Crippen molar-refractivity contribution in [2.24, 2.45) is 0 Å². The maximum Gasteiger partial charge on any atom is 0.228 e. The first kappa shape index (κ1) is 16.2. The maximum absolute atomic E-state index is 12.3. The van der Waals surface area contributed by atoms with E-state index in [2.05, 4.69) is 36.5 Å². The second-order valence-corrected chi connectivity index (χ2v) is 5.39. The molecule has 0 aliphatic rings. The monoisotopic (exact) mass is 296 g/mol. The van der Waals surface area contributed by atoms with E-state index in [1.165, 1.54) is 11.1 Å². The third-order valence-corrected chi connectivity index (χ3v) is 3.65. The number of para-hydroxylation sites is 1. The number of hydrogen-bond donors (Lipinski definition) is 1. The molecule has 3 heteroatoms. The van der Waals surface area contributed by atoms with E-state index in [1.807, 2.05) is 42.2 Å². The molecule has 0 saturated carbocycles. The van der Waals surface area contributed by atoms with Crippen molar-refractivity contribution < 1.29 is 4.79 Å². The Kier molecular flexibility index (Phi) is 6.16. The summed E-state index contributed by atoms with van der Waals surface area (Å²) in [6.45, 7) is 6.27. The first-order valence-electron chi connectivity index (χ1n) is 7.82. The fraction of sp³-hybridized carbons (Fsp3) is 0.316. The fourth-order valence-electron chi connectivity index (χ4n) is 2.38. The van der Waals surface area contributed by atoms with Crippen molar-refractivity contribution in [3.63, 3.8) is 0 Å². The number of anilines is 1. The molecule has 0 aliphatic heterocycles. The number of amides is 1. The van der Waals surface area contributed by atoms with Gasteiger partial charge in [0.25, 0.3) is 0 Å². The Bertz CT molecular complexity index is 578. The fourth-order valence-corrected chi connectivity index (χ4v) is 2.38. The van der Waals surface area contributed by atoms with Crippen molar-refractivity contribution in [2.45, 2.75) is 26.8 Å². The summed E-state index contributed by atoms with van der Waals surface area (Å²) in [5.74, 6) is 0.158. The van der Waals surface area contributed by atoms with Gasteiger partial charge in [-0.25, -0.2) is 0 Å². The zero-order chi connectivity index (χ0) is 15.8. The summed E-state index contributed by atoms with van der Waals surface area (Å²) in [4.78, 5) is 14.1. The van der Waals surface area contributed by atoms with Crippen LogP contribution in [0, 0.1) is 6.92 Å². The van der Waals surface area contributed by atoms with Gasteiger partial charge in [0, 0.05) is 31.7 Å². The van der Waals surface area contributed by atoms with Gasteiger partial charge >= 0.3 is 0 Å². The lowest BCUT2D eigenvalue weighted by Crippen LogP contribution is -2.32. The van der Waals surface area contributed by atoms with Gasteiger partial charge in [-0.15, -0.1) is 0 Å². The second kappa shape index (κ2) is 8.35. The van der Waals surface area contributed by atoms with E-state index in [-0.39, 0.29) is 5.91 Å². The highest BCUT2D eigenvalue weighted by Crippen LogP contribution is 2.13. The topological polar surface area (TPSA) is 32.3 Å². The minimum atomic E-state index is 0.158. The molecular weight excluding hydrogens is 272 g/mol. The molecule has 0 aromatic heterocycles. The van der Waals surface area contributed by atoms with E-state index < -0.39 is 0 Å². The molecule has 2 aromatic rings. The van der Waals surface area contributed by atoms with Crippen LogP contribution in [0.25, 0.3) is 0 Å². The van der Waals surface area contributed by atoms with E-state index in [0.717, 1.165) is 12.2 Å². The van der Waals surface area contributed by atoms with Crippen molar-refractivity contribution in [3.8, 4) is 0 Å². The van der Waals surface area contributed by atoms with Crippen LogP contribution in [0.4, 0.5) is 5.69 Å². The third-order valence-electron chi connectivity index (χ3n) is 3.65. The second-order valence-electron chi connectivity index (χ2n) is 5.39. The van der Waals surface area contributed by atoms with Crippen LogP contribution in [0.5, 0.6) is 0 Å². The zero-order valence-electron chi connectivity index (χ0n) is 13.4. The highest BCUT2D eigenvalue weighted by atomic mass is 16.2. The normalized spacial score (nSPS) is 10.5. The van der Waals surface area contributed by atoms with Gasteiger partial charge in [0.1, 0.15) is 0 Å². The molecule has 0 bridgehead atoms. The quantitative estimate of drug-likeness (QED) is 0.793. The number of carbonyl (C=O) groups is 1. The minimum absolute atomic E-state index is 0.158. The summed E-state index contributed by atoms with van der Waals surface area (Å²) in [6, 6.07) is 18.3. The number of benzene rings is 2.